The molecule has 8 heteroatoms. The Balaban J connectivity index is 2.26. The van der Waals surface area contributed by atoms with E-state index >= 15 is 0 Å². The molecule has 2 rings (SSSR count). The maximum Gasteiger partial charge on any atom is 0.348 e. The molecule has 0 radical (unpaired) electrons. The molecule has 116 valence electrons. The van der Waals surface area contributed by atoms with E-state index in [2.05, 4.69) is 15.4 Å². The Labute approximate surface area is 125 Å². The van der Waals surface area contributed by atoms with Crippen molar-refractivity contribution in [2.24, 2.45) is 5.92 Å². The third-order valence-corrected chi connectivity index (χ3v) is 3.05. The summed E-state index contributed by atoms with van der Waals surface area (Å²) < 4.78 is 1.04. The molecule has 2 aromatic rings. The van der Waals surface area contributed by atoms with Crippen molar-refractivity contribution in [1.29, 1.82) is 0 Å². The summed E-state index contributed by atoms with van der Waals surface area (Å²) in [7, 11) is 0. The maximum absolute atomic E-state index is 12.0. The summed E-state index contributed by atoms with van der Waals surface area (Å²) in [5.41, 5.74) is -0.0748. The van der Waals surface area contributed by atoms with Crippen LogP contribution < -0.4 is 11.0 Å². The molecule has 3 N–H and O–H groups in total. The Morgan fingerprint density at radius 2 is 1.91 bits per heavy atom. The van der Waals surface area contributed by atoms with Gasteiger partial charge >= 0.3 is 11.7 Å². The number of hydrogen-bond donors (Lipinski definition) is 3. The number of para-hydroxylation sites is 1. The molecule has 1 amide bonds. The van der Waals surface area contributed by atoms with Crippen LogP contribution in [0.2, 0.25) is 0 Å². The maximum atomic E-state index is 12.0. The number of nitrogens with one attached hydrogen (secondary N) is 2. The molecule has 8 nitrogen and oxygen atoms in total. The van der Waals surface area contributed by atoms with Gasteiger partial charge in [-0.3, -0.25) is 9.78 Å². The smallest absolute Gasteiger partial charge is 0.348 e. The lowest BCUT2D eigenvalue weighted by Gasteiger charge is -2.16. The second-order valence-electron chi connectivity index (χ2n) is 5.06. The van der Waals surface area contributed by atoms with E-state index in [1.165, 1.54) is 0 Å². The number of carboxylic acids is 1. The monoisotopic (exact) mass is 304 g/mol. The van der Waals surface area contributed by atoms with Crippen LogP contribution in [0, 0.1) is 5.92 Å². The summed E-state index contributed by atoms with van der Waals surface area (Å²) in [5.74, 6) is -2.42. The summed E-state index contributed by atoms with van der Waals surface area (Å²) >= 11 is 0. The van der Waals surface area contributed by atoms with Gasteiger partial charge in [-0.25, -0.2) is 9.59 Å². The van der Waals surface area contributed by atoms with Gasteiger partial charge in [0.15, 0.2) is 0 Å². The highest BCUT2D eigenvalue weighted by Crippen LogP contribution is 2.04. The fourth-order valence-electron chi connectivity index (χ4n) is 1.89. The Morgan fingerprint density at radius 1 is 1.27 bits per heavy atom. The number of hydrogen-bond acceptors (Lipinski definition) is 4. The van der Waals surface area contributed by atoms with Gasteiger partial charge in [-0.15, -0.1) is 5.10 Å². The number of aromatic amines is 1. The third kappa shape index (κ3) is 3.22. The van der Waals surface area contributed by atoms with Gasteiger partial charge in [0.1, 0.15) is 6.04 Å². The van der Waals surface area contributed by atoms with Crippen molar-refractivity contribution < 1.29 is 14.7 Å². The van der Waals surface area contributed by atoms with Gasteiger partial charge in [0.25, 0.3) is 5.91 Å². The number of H-pyrrole nitrogens is 1. The van der Waals surface area contributed by atoms with Crippen LogP contribution in [0.4, 0.5) is 0 Å². The molecule has 0 spiro atoms. The predicted molar refractivity (Wildman–Crippen MR) is 77.9 cm³/mol. The van der Waals surface area contributed by atoms with Crippen LogP contribution in [-0.4, -0.2) is 37.8 Å². The summed E-state index contributed by atoms with van der Waals surface area (Å²) in [6.45, 7) is 3.34. The molecule has 0 bridgehead atoms. The van der Waals surface area contributed by atoms with Crippen LogP contribution in [0.15, 0.2) is 35.1 Å². The lowest BCUT2D eigenvalue weighted by Crippen LogP contribution is -2.44. The Morgan fingerprint density at radius 3 is 2.45 bits per heavy atom. The van der Waals surface area contributed by atoms with Gasteiger partial charge < -0.3 is 10.4 Å². The molecule has 0 fully saturated rings. The molecular weight excluding hydrogens is 288 g/mol. The minimum atomic E-state index is -1.15. The first-order chi connectivity index (χ1) is 10.4. The first-order valence-corrected chi connectivity index (χ1v) is 6.68. The second-order valence-corrected chi connectivity index (χ2v) is 5.06. The molecule has 1 heterocycles. The van der Waals surface area contributed by atoms with Gasteiger partial charge in [0, 0.05) is 0 Å². The van der Waals surface area contributed by atoms with Gasteiger partial charge in [0.2, 0.25) is 5.82 Å². The van der Waals surface area contributed by atoms with Gasteiger partial charge in [-0.05, 0) is 18.1 Å². The van der Waals surface area contributed by atoms with Crippen molar-refractivity contribution in [2.75, 3.05) is 0 Å². The van der Waals surface area contributed by atoms with Crippen molar-refractivity contribution in [2.45, 2.75) is 19.9 Å². The number of benzene rings is 1. The van der Waals surface area contributed by atoms with Crippen molar-refractivity contribution in [3.63, 3.8) is 0 Å². The highest BCUT2D eigenvalue weighted by atomic mass is 16.4. The molecule has 22 heavy (non-hydrogen) atoms. The number of nitrogens with zero attached hydrogens (tertiary/aromatic N) is 2. The van der Waals surface area contributed by atoms with Crippen molar-refractivity contribution in [1.82, 2.24) is 20.1 Å². The van der Waals surface area contributed by atoms with Crippen LogP contribution in [0.1, 0.15) is 24.5 Å². The number of aliphatic carboxylic acids is 1. The summed E-state index contributed by atoms with van der Waals surface area (Å²) in [6.07, 6.45) is 0. The first-order valence-electron chi connectivity index (χ1n) is 6.68. The SMILES string of the molecule is CC(C)C(NC(=O)c1nn(-c2ccccc2)c(=O)[nH]1)C(=O)O. The molecule has 0 saturated heterocycles. The lowest BCUT2D eigenvalue weighted by atomic mass is 10.1. The first kappa shape index (κ1) is 15.5. The van der Waals surface area contributed by atoms with E-state index < -0.39 is 23.6 Å². The number of carbonyl (C=O) groups excluding carboxylic acids is 1. The summed E-state index contributed by atoms with van der Waals surface area (Å²) in [6, 6.07) is 7.52. The van der Waals surface area contributed by atoms with Crippen LogP contribution in [0.25, 0.3) is 5.69 Å². The fourth-order valence-corrected chi connectivity index (χ4v) is 1.89. The quantitative estimate of drug-likeness (QED) is 0.739. The van der Waals surface area contributed by atoms with Crippen molar-refractivity contribution in [3.8, 4) is 5.69 Å². The van der Waals surface area contributed by atoms with Crippen LogP contribution in [0.5, 0.6) is 0 Å². The minimum Gasteiger partial charge on any atom is -0.480 e. The zero-order chi connectivity index (χ0) is 16.3. The third-order valence-electron chi connectivity index (χ3n) is 3.05. The van der Waals surface area contributed by atoms with Crippen molar-refractivity contribution >= 4 is 11.9 Å². The highest BCUT2D eigenvalue weighted by molar-refractivity contribution is 5.93. The van der Waals surface area contributed by atoms with E-state index in [1.807, 2.05) is 0 Å². The van der Waals surface area contributed by atoms with E-state index in [1.54, 1.807) is 44.2 Å². The van der Waals surface area contributed by atoms with E-state index in [4.69, 9.17) is 5.11 Å². The number of aromatic nitrogens is 3. The predicted octanol–water partition coefficient (Wildman–Crippen LogP) is 0.400. The largest absolute Gasteiger partial charge is 0.480 e. The van der Waals surface area contributed by atoms with Crippen LogP contribution >= 0.6 is 0 Å². The molecular formula is C14H16N4O4. The standard InChI is InChI=1S/C14H16N4O4/c1-8(2)10(13(20)21)15-12(19)11-16-14(22)18(17-11)9-6-4-3-5-7-9/h3-8,10H,1-2H3,(H,15,19)(H,20,21)(H,16,17,22). The minimum absolute atomic E-state index is 0.235. The van der Waals surface area contributed by atoms with Crippen molar-refractivity contribution in [3.05, 3.63) is 46.6 Å². The summed E-state index contributed by atoms with van der Waals surface area (Å²) in [4.78, 5) is 37.3. The topological polar surface area (TPSA) is 117 Å². The van der Waals surface area contributed by atoms with Gasteiger partial charge in [-0.1, -0.05) is 32.0 Å². The highest BCUT2D eigenvalue weighted by Gasteiger charge is 2.25. The average Bonchev–Trinajstić information content (AvgIpc) is 2.87. The van der Waals surface area contributed by atoms with Crippen LogP contribution in [-0.2, 0) is 4.79 Å². The molecule has 0 saturated carbocycles. The average molecular weight is 304 g/mol. The second kappa shape index (κ2) is 6.25. The molecule has 1 aromatic carbocycles. The van der Waals surface area contributed by atoms with E-state index in [9.17, 15) is 14.4 Å². The Bertz CT molecular complexity index is 733. The number of rotatable bonds is 5. The lowest BCUT2D eigenvalue weighted by molar-refractivity contribution is -0.140. The number of carbonyl (C=O) groups is 2. The van der Waals surface area contributed by atoms with Crippen LogP contribution in [0.3, 0.4) is 0 Å². The summed E-state index contributed by atoms with van der Waals surface area (Å²) in [5, 5.41) is 15.3. The molecule has 0 aliphatic carbocycles. The van der Waals surface area contributed by atoms with E-state index in [0.29, 0.717) is 5.69 Å². The zero-order valence-electron chi connectivity index (χ0n) is 12.1. The van der Waals surface area contributed by atoms with Gasteiger partial charge in [0.05, 0.1) is 5.69 Å². The molecule has 1 aromatic heterocycles. The molecule has 1 atom stereocenters. The Hall–Kier alpha value is -2.90. The van der Waals surface area contributed by atoms with Gasteiger partial charge in [-0.2, -0.15) is 4.68 Å². The molecule has 0 aliphatic heterocycles. The molecule has 0 aliphatic rings. The number of amides is 1. The van der Waals surface area contributed by atoms with E-state index in [-0.39, 0.29) is 11.7 Å². The molecule has 1 unspecified atom stereocenters. The normalized spacial score (nSPS) is 12.1. The Kier molecular flexibility index (Phi) is 4.40. The number of carboxylic acid groups (broad SMARTS) is 1. The zero-order valence-corrected chi connectivity index (χ0v) is 12.1. The fraction of sp³-hybridized carbons (Fsp3) is 0.286. The van der Waals surface area contributed by atoms with E-state index in [0.717, 1.165) is 4.68 Å².